The van der Waals surface area contributed by atoms with Crippen LogP contribution < -0.4 is 35.3 Å². The number of benzene rings is 4. The Morgan fingerprint density at radius 1 is 0.859 bits per heavy atom. The zero-order valence-electron chi connectivity index (χ0n) is 37.2. The summed E-state index contributed by atoms with van der Waals surface area (Å²) in [6.07, 6.45) is 1.24. The highest BCUT2D eigenvalue weighted by Gasteiger charge is 2.21. The summed E-state index contributed by atoms with van der Waals surface area (Å²) in [6, 6.07) is 29.0. The van der Waals surface area contributed by atoms with E-state index in [1.54, 1.807) is 67.8 Å². The van der Waals surface area contributed by atoms with E-state index in [0.717, 1.165) is 36.0 Å². The van der Waals surface area contributed by atoms with E-state index < -0.39 is 5.60 Å². The number of ether oxygens (including phenoxy) is 5. The number of Topliss-reactive ketones (excluding diaryl/α,β-unsaturated/α-hetero) is 1. The average Bonchev–Trinajstić information content (AvgIpc) is 3.67. The van der Waals surface area contributed by atoms with Crippen LogP contribution in [0.5, 0.6) is 23.0 Å². The molecule has 1 heterocycles. The largest absolute Gasteiger partial charge is 0.497 e. The Bertz CT molecular complexity index is 2250. The summed E-state index contributed by atoms with van der Waals surface area (Å²) in [7, 11) is 3.14. The Labute approximate surface area is 393 Å². The molecule has 0 atom stereocenters. The summed E-state index contributed by atoms with van der Waals surface area (Å²) in [4.78, 5) is 46.4. The van der Waals surface area contributed by atoms with Crippen molar-refractivity contribution in [3.05, 3.63) is 113 Å². The van der Waals surface area contributed by atoms with Crippen LogP contribution in [-0.2, 0) is 4.74 Å². The number of rotatable bonds is 20. The standard InChI is InChI=1S/C21H24N4O3S.C17H24N2O3S.C9H9BrO2/c1-3-23-11-12-28-16-9-7-15(8-10-16)24-21-25-20(22)19(29-21)18(26)14-5-4-6-17(13-14)27-2;1-5-19(16(20)22-17(2,3)4)11-12-21-15-8-6-14(7-9-15)18-10-13-23;1-12-8-4-2-3-7(5-8)9(11)6-10/h4-10,13,23H,3,11-12,22H2,1-2H3,(H,24,25);6-10,13H,5,11-12H2,1-4H3;2-5H,6H2,1H3. The fraction of sp³-hybridized carbons (Fsp3) is 0.319. The molecule has 0 aliphatic rings. The van der Waals surface area contributed by atoms with Crippen molar-refractivity contribution in [3.8, 4) is 23.0 Å². The van der Waals surface area contributed by atoms with E-state index in [2.05, 4.69) is 55.7 Å². The van der Waals surface area contributed by atoms with Gasteiger partial charge in [-0.1, -0.05) is 70.7 Å². The lowest BCUT2D eigenvalue weighted by molar-refractivity contribution is 0.0237. The molecule has 0 spiro atoms. The number of methoxy groups -OCH3 is 2. The number of hydrogen-bond donors (Lipinski definition) is 3. The van der Waals surface area contributed by atoms with Gasteiger partial charge in [0.1, 0.15) is 52.5 Å². The molecule has 5 rings (SSSR count). The maximum absolute atomic E-state index is 12.8. The maximum Gasteiger partial charge on any atom is 0.410 e. The SMILES string of the molecule is CCN(CCOc1ccc(N=CC=S)cc1)C(=O)OC(C)(C)C.CCNCCOc1ccc(Nc2nc(N)c(C(=O)c3cccc(OC)c3)s2)cc1.COc1cccc(C(=O)CBr)c1. The number of likely N-dealkylation sites (N-methyl/N-ethyl adjacent to an activating group) is 2. The number of thiocarbonyl (C=S) groups is 1. The Hall–Kier alpha value is -5.88. The predicted octanol–water partition coefficient (Wildman–Crippen LogP) is 9.99. The van der Waals surface area contributed by atoms with Crippen LogP contribution in [0.3, 0.4) is 0 Å². The van der Waals surface area contributed by atoms with Gasteiger partial charge in [0, 0.05) is 41.5 Å². The number of amides is 1. The van der Waals surface area contributed by atoms with Crippen LogP contribution in [-0.4, -0.2) is 104 Å². The van der Waals surface area contributed by atoms with Crippen molar-refractivity contribution in [2.24, 2.45) is 4.99 Å². The minimum atomic E-state index is -0.496. The quantitative estimate of drug-likeness (QED) is 0.0221. The van der Waals surface area contributed by atoms with Gasteiger partial charge in [-0.2, -0.15) is 0 Å². The van der Waals surface area contributed by atoms with Crippen molar-refractivity contribution in [2.75, 3.05) is 70.0 Å². The predicted molar refractivity (Wildman–Crippen MR) is 265 cm³/mol. The van der Waals surface area contributed by atoms with Crippen molar-refractivity contribution in [1.82, 2.24) is 15.2 Å². The maximum atomic E-state index is 12.8. The van der Waals surface area contributed by atoms with Gasteiger partial charge < -0.3 is 45.0 Å². The molecular formula is C47H57BrN6O8S2. The number of nitrogens with zero attached hydrogens (tertiary/aromatic N) is 3. The van der Waals surface area contributed by atoms with Gasteiger partial charge >= 0.3 is 6.09 Å². The second-order valence-corrected chi connectivity index (χ2v) is 16.1. The molecule has 0 unspecified atom stereocenters. The van der Waals surface area contributed by atoms with E-state index in [1.807, 2.05) is 82.3 Å². The number of halogens is 1. The van der Waals surface area contributed by atoms with Gasteiger partial charge in [0.25, 0.3) is 0 Å². The molecule has 0 aliphatic heterocycles. The van der Waals surface area contributed by atoms with Gasteiger partial charge in [-0.15, -0.1) is 0 Å². The molecule has 0 fully saturated rings. The first-order valence-electron chi connectivity index (χ1n) is 20.3. The summed E-state index contributed by atoms with van der Waals surface area (Å²) < 4.78 is 26.8. The molecule has 0 aliphatic carbocycles. The van der Waals surface area contributed by atoms with E-state index in [1.165, 1.54) is 16.7 Å². The molecule has 4 N–H and O–H groups in total. The molecule has 64 heavy (non-hydrogen) atoms. The fourth-order valence-electron chi connectivity index (χ4n) is 5.22. The number of thiazole rings is 1. The highest BCUT2D eigenvalue weighted by molar-refractivity contribution is 9.09. The highest BCUT2D eigenvalue weighted by atomic mass is 79.9. The number of nitrogen functional groups attached to an aromatic ring is 1. The van der Waals surface area contributed by atoms with Crippen molar-refractivity contribution < 1.29 is 38.1 Å². The second kappa shape index (κ2) is 28.0. The molecule has 1 amide bonds. The van der Waals surface area contributed by atoms with Crippen molar-refractivity contribution in [1.29, 1.82) is 0 Å². The minimum Gasteiger partial charge on any atom is -0.497 e. The Morgan fingerprint density at radius 2 is 1.45 bits per heavy atom. The normalized spacial score (nSPS) is 10.6. The smallest absolute Gasteiger partial charge is 0.410 e. The number of aromatic nitrogens is 1. The summed E-state index contributed by atoms with van der Waals surface area (Å²) in [5.74, 6) is 2.93. The topological polar surface area (TPSA) is 176 Å². The van der Waals surface area contributed by atoms with Gasteiger partial charge in [0.2, 0.25) is 5.78 Å². The molecule has 0 saturated heterocycles. The minimum absolute atomic E-state index is 0.0638. The number of anilines is 3. The number of carbonyl (C=O) groups is 3. The van der Waals surface area contributed by atoms with Gasteiger partial charge in [0.05, 0.1) is 31.8 Å². The fourth-order valence-corrected chi connectivity index (χ4v) is 6.47. The van der Waals surface area contributed by atoms with E-state index in [-0.39, 0.29) is 23.5 Å². The van der Waals surface area contributed by atoms with Crippen LogP contribution in [0.15, 0.2) is 102 Å². The molecule has 17 heteroatoms. The summed E-state index contributed by atoms with van der Waals surface area (Å²) in [6.45, 7) is 13.3. The van der Waals surface area contributed by atoms with Crippen molar-refractivity contribution in [3.63, 3.8) is 0 Å². The third kappa shape index (κ3) is 18.8. The Kier molecular flexibility index (Phi) is 23.0. The molecule has 5 aromatic rings. The molecular weight excluding hydrogens is 921 g/mol. The Balaban J connectivity index is 0.000000277. The average molecular weight is 978 g/mol. The third-order valence-electron chi connectivity index (χ3n) is 8.39. The molecule has 342 valence electrons. The Morgan fingerprint density at radius 3 is 2.02 bits per heavy atom. The number of aliphatic imine (C=N–C) groups is 1. The molecule has 0 radical (unpaired) electrons. The van der Waals surface area contributed by atoms with Gasteiger partial charge in [-0.05, 0) is 107 Å². The lowest BCUT2D eigenvalue weighted by Gasteiger charge is -2.26. The third-order valence-corrected chi connectivity index (χ3v) is 10.0. The van der Waals surface area contributed by atoms with Crippen molar-refractivity contribution in [2.45, 2.75) is 40.2 Å². The van der Waals surface area contributed by atoms with Gasteiger partial charge in [-0.3, -0.25) is 14.6 Å². The number of carbonyl (C=O) groups excluding carboxylic acids is 3. The zero-order chi connectivity index (χ0) is 46.9. The number of nitrogens with two attached hydrogens (primary N) is 1. The first kappa shape index (κ1) is 52.5. The number of hydrogen-bond acceptors (Lipinski definition) is 15. The first-order chi connectivity index (χ1) is 30.7. The summed E-state index contributed by atoms with van der Waals surface area (Å²) in [5.41, 5.74) is 8.31. The van der Waals surface area contributed by atoms with Crippen LogP contribution >= 0.6 is 39.5 Å². The van der Waals surface area contributed by atoms with Gasteiger partial charge in [-0.25, -0.2) is 9.78 Å². The van der Waals surface area contributed by atoms with E-state index in [4.69, 9.17) is 29.4 Å². The number of nitrogens with one attached hydrogen (secondary N) is 2. The van der Waals surface area contributed by atoms with Crippen molar-refractivity contribution >= 4 is 91.1 Å². The van der Waals surface area contributed by atoms with Crippen LogP contribution in [0.1, 0.15) is 60.2 Å². The van der Waals surface area contributed by atoms with E-state index in [9.17, 15) is 14.4 Å². The van der Waals surface area contributed by atoms with E-state index in [0.29, 0.717) is 64.3 Å². The number of alkyl halides is 1. The molecule has 1 aromatic heterocycles. The number of ketones is 2. The molecule has 14 nitrogen and oxygen atoms in total. The van der Waals surface area contributed by atoms with Gasteiger partial charge in [0.15, 0.2) is 10.9 Å². The highest BCUT2D eigenvalue weighted by Crippen LogP contribution is 2.31. The van der Waals surface area contributed by atoms with Crippen LogP contribution in [0.25, 0.3) is 0 Å². The molecule has 4 aromatic carbocycles. The molecule has 0 saturated carbocycles. The van der Waals surface area contributed by atoms with E-state index >= 15 is 0 Å². The lowest BCUT2D eigenvalue weighted by Crippen LogP contribution is -2.38. The zero-order valence-corrected chi connectivity index (χ0v) is 40.4. The summed E-state index contributed by atoms with van der Waals surface area (Å²) in [5, 5.41) is 8.74. The van der Waals surface area contributed by atoms with Crippen LogP contribution in [0.2, 0.25) is 0 Å². The van der Waals surface area contributed by atoms with Crippen LogP contribution in [0.4, 0.5) is 27.1 Å². The monoisotopic (exact) mass is 976 g/mol. The second-order valence-electron chi connectivity index (χ2n) is 14.3. The summed E-state index contributed by atoms with van der Waals surface area (Å²) >= 11 is 9.01. The lowest BCUT2D eigenvalue weighted by atomic mass is 10.1. The molecule has 0 bridgehead atoms. The first-order valence-corrected chi connectivity index (χ1v) is 22.7. The van der Waals surface area contributed by atoms with Crippen LogP contribution in [0, 0.1) is 0 Å².